The van der Waals surface area contributed by atoms with Crippen LogP contribution in [0.1, 0.15) is 26.7 Å². The Hall–Kier alpha value is -0.120. The van der Waals surface area contributed by atoms with Gasteiger partial charge in [-0.05, 0) is 31.2 Å². The van der Waals surface area contributed by atoms with Crippen LogP contribution in [0.2, 0.25) is 0 Å². The van der Waals surface area contributed by atoms with Gasteiger partial charge in [-0.15, -0.1) is 0 Å². The molecule has 2 aliphatic rings. The number of rotatable bonds is 2. The third kappa shape index (κ3) is 2.05. The molecule has 3 unspecified atom stereocenters. The maximum Gasteiger partial charge on any atom is 0.0663 e. The molecule has 3 heteroatoms. The van der Waals surface area contributed by atoms with E-state index in [2.05, 4.69) is 18.7 Å². The molecule has 2 fully saturated rings. The Balaban J connectivity index is 2.03. The molecule has 2 aliphatic heterocycles. The van der Waals surface area contributed by atoms with Crippen LogP contribution in [-0.2, 0) is 4.74 Å². The second-order valence-corrected chi connectivity index (χ2v) is 5.42. The van der Waals surface area contributed by atoms with E-state index in [0.717, 1.165) is 38.0 Å². The van der Waals surface area contributed by atoms with Crippen molar-refractivity contribution in [2.75, 3.05) is 32.8 Å². The summed E-state index contributed by atoms with van der Waals surface area (Å²) >= 11 is 0. The summed E-state index contributed by atoms with van der Waals surface area (Å²) in [4.78, 5) is 2.59. The van der Waals surface area contributed by atoms with E-state index < -0.39 is 0 Å². The monoisotopic (exact) mass is 212 g/mol. The fraction of sp³-hybridized carbons (Fsp3) is 1.00. The third-order valence-corrected chi connectivity index (χ3v) is 4.47. The molecule has 0 aromatic carbocycles. The van der Waals surface area contributed by atoms with Gasteiger partial charge < -0.3 is 10.5 Å². The topological polar surface area (TPSA) is 38.5 Å². The van der Waals surface area contributed by atoms with Gasteiger partial charge in [-0.25, -0.2) is 0 Å². The van der Waals surface area contributed by atoms with Gasteiger partial charge in [-0.2, -0.15) is 0 Å². The summed E-state index contributed by atoms with van der Waals surface area (Å²) in [5, 5.41) is 0. The molecule has 3 nitrogen and oxygen atoms in total. The minimum absolute atomic E-state index is 0.161. The zero-order valence-electron chi connectivity index (χ0n) is 10.0. The number of hydrogen-bond acceptors (Lipinski definition) is 3. The molecular formula is C12H24N2O. The van der Waals surface area contributed by atoms with Crippen LogP contribution in [0, 0.1) is 11.8 Å². The molecule has 0 amide bonds. The van der Waals surface area contributed by atoms with Crippen LogP contribution in [0.25, 0.3) is 0 Å². The first kappa shape index (κ1) is 11.4. The van der Waals surface area contributed by atoms with Crippen molar-refractivity contribution >= 4 is 0 Å². The van der Waals surface area contributed by atoms with Gasteiger partial charge in [0.25, 0.3) is 0 Å². The van der Waals surface area contributed by atoms with Gasteiger partial charge in [-0.1, -0.05) is 13.8 Å². The number of hydrogen-bond donors (Lipinski definition) is 1. The molecule has 2 rings (SSSR count). The first-order chi connectivity index (χ1) is 7.18. The number of piperidine rings is 1. The summed E-state index contributed by atoms with van der Waals surface area (Å²) in [5.74, 6) is 1.65. The SMILES string of the molecule is CC1CCN(C2(CN)CCOC2)CC1C. The Labute approximate surface area is 93.0 Å². The van der Waals surface area contributed by atoms with Crippen molar-refractivity contribution in [2.45, 2.75) is 32.2 Å². The summed E-state index contributed by atoms with van der Waals surface area (Å²) in [6.07, 6.45) is 2.42. The highest BCUT2D eigenvalue weighted by atomic mass is 16.5. The number of likely N-dealkylation sites (tertiary alicyclic amines) is 1. The Morgan fingerprint density at radius 2 is 2.20 bits per heavy atom. The number of ether oxygens (including phenoxy) is 1. The molecule has 0 aromatic heterocycles. The molecule has 88 valence electrons. The van der Waals surface area contributed by atoms with Crippen molar-refractivity contribution in [3.05, 3.63) is 0 Å². The fourth-order valence-electron chi connectivity index (χ4n) is 2.83. The average molecular weight is 212 g/mol. The van der Waals surface area contributed by atoms with Crippen molar-refractivity contribution < 1.29 is 4.74 Å². The van der Waals surface area contributed by atoms with Crippen LogP contribution < -0.4 is 5.73 Å². The van der Waals surface area contributed by atoms with E-state index in [0.29, 0.717) is 0 Å². The Kier molecular flexibility index (Phi) is 3.33. The maximum absolute atomic E-state index is 5.96. The number of nitrogens with two attached hydrogens (primary N) is 1. The first-order valence-corrected chi connectivity index (χ1v) is 6.21. The normalized spacial score (nSPS) is 43.4. The zero-order chi connectivity index (χ0) is 10.9. The smallest absolute Gasteiger partial charge is 0.0663 e. The fourth-order valence-corrected chi connectivity index (χ4v) is 2.83. The summed E-state index contributed by atoms with van der Waals surface area (Å²) < 4.78 is 5.54. The Bertz CT molecular complexity index is 214. The lowest BCUT2D eigenvalue weighted by Gasteiger charge is -2.45. The van der Waals surface area contributed by atoms with Gasteiger partial charge >= 0.3 is 0 Å². The summed E-state index contributed by atoms with van der Waals surface area (Å²) in [6.45, 7) is 9.59. The maximum atomic E-state index is 5.96. The Morgan fingerprint density at radius 3 is 2.73 bits per heavy atom. The molecule has 0 radical (unpaired) electrons. The second kappa shape index (κ2) is 4.40. The van der Waals surface area contributed by atoms with Crippen molar-refractivity contribution in [3.8, 4) is 0 Å². The van der Waals surface area contributed by atoms with E-state index in [-0.39, 0.29) is 5.54 Å². The van der Waals surface area contributed by atoms with Gasteiger partial charge in [0.2, 0.25) is 0 Å². The van der Waals surface area contributed by atoms with E-state index in [1.54, 1.807) is 0 Å². The summed E-state index contributed by atoms with van der Waals surface area (Å²) in [7, 11) is 0. The van der Waals surface area contributed by atoms with E-state index in [4.69, 9.17) is 10.5 Å². The highest BCUT2D eigenvalue weighted by Crippen LogP contribution is 2.32. The standard InChI is InChI=1S/C12H24N2O/c1-10-3-5-14(7-11(10)2)12(8-13)4-6-15-9-12/h10-11H,3-9,13H2,1-2H3. The summed E-state index contributed by atoms with van der Waals surface area (Å²) in [6, 6.07) is 0. The molecule has 2 saturated heterocycles. The van der Waals surface area contributed by atoms with Gasteiger partial charge in [0.05, 0.1) is 12.1 Å². The molecule has 15 heavy (non-hydrogen) atoms. The molecular weight excluding hydrogens is 188 g/mol. The lowest BCUT2D eigenvalue weighted by atomic mass is 9.84. The highest BCUT2D eigenvalue weighted by Gasteiger charge is 2.41. The predicted octanol–water partition coefficient (Wildman–Crippen LogP) is 1.08. The molecule has 0 aromatic rings. The average Bonchev–Trinajstić information content (AvgIpc) is 2.72. The largest absolute Gasteiger partial charge is 0.379 e. The minimum Gasteiger partial charge on any atom is -0.379 e. The lowest BCUT2D eigenvalue weighted by Crippen LogP contribution is -2.58. The minimum atomic E-state index is 0.161. The van der Waals surface area contributed by atoms with E-state index in [1.807, 2.05) is 0 Å². The van der Waals surface area contributed by atoms with Crippen molar-refractivity contribution in [1.29, 1.82) is 0 Å². The third-order valence-electron chi connectivity index (χ3n) is 4.47. The molecule has 0 aliphatic carbocycles. The van der Waals surface area contributed by atoms with Gasteiger partial charge in [0, 0.05) is 19.7 Å². The molecule has 2 N–H and O–H groups in total. The van der Waals surface area contributed by atoms with Gasteiger partial charge in [0.15, 0.2) is 0 Å². The van der Waals surface area contributed by atoms with Gasteiger partial charge in [-0.3, -0.25) is 4.90 Å². The van der Waals surface area contributed by atoms with Crippen LogP contribution in [0.4, 0.5) is 0 Å². The van der Waals surface area contributed by atoms with Crippen LogP contribution in [0.5, 0.6) is 0 Å². The zero-order valence-corrected chi connectivity index (χ0v) is 10.0. The van der Waals surface area contributed by atoms with Crippen molar-refractivity contribution in [2.24, 2.45) is 17.6 Å². The summed E-state index contributed by atoms with van der Waals surface area (Å²) in [5.41, 5.74) is 6.12. The van der Waals surface area contributed by atoms with Crippen LogP contribution in [-0.4, -0.2) is 43.3 Å². The van der Waals surface area contributed by atoms with Crippen LogP contribution in [0.3, 0.4) is 0 Å². The molecule has 0 saturated carbocycles. The van der Waals surface area contributed by atoms with Crippen molar-refractivity contribution in [1.82, 2.24) is 4.90 Å². The Morgan fingerprint density at radius 1 is 1.40 bits per heavy atom. The molecule has 2 heterocycles. The molecule has 0 spiro atoms. The molecule has 3 atom stereocenters. The van der Waals surface area contributed by atoms with Crippen molar-refractivity contribution in [3.63, 3.8) is 0 Å². The van der Waals surface area contributed by atoms with E-state index in [9.17, 15) is 0 Å². The first-order valence-electron chi connectivity index (χ1n) is 6.21. The van der Waals surface area contributed by atoms with Crippen LogP contribution in [0.15, 0.2) is 0 Å². The second-order valence-electron chi connectivity index (χ2n) is 5.42. The lowest BCUT2D eigenvalue weighted by molar-refractivity contribution is 0.0223. The quantitative estimate of drug-likeness (QED) is 0.744. The van der Waals surface area contributed by atoms with E-state index >= 15 is 0 Å². The van der Waals surface area contributed by atoms with Crippen LogP contribution >= 0.6 is 0 Å². The highest BCUT2D eigenvalue weighted by molar-refractivity contribution is 4.97. The van der Waals surface area contributed by atoms with Gasteiger partial charge in [0.1, 0.15) is 0 Å². The van der Waals surface area contributed by atoms with E-state index in [1.165, 1.54) is 19.5 Å². The molecule has 0 bridgehead atoms. The predicted molar refractivity (Wildman–Crippen MR) is 61.7 cm³/mol. The number of nitrogens with zero attached hydrogens (tertiary/aromatic N) is 1.